The fraction of sp³-hybridized carbons (Fsp3) is 0.588. The lowest BCUT2D eigenvalue weighted by Gasteiger charge is -2.26. The number of oxime groups is 1. The van der Waals surface area contributed by atoms with Crippen molar-refractivity contribution in [3.8, 4) is 11.5 Å². The number of benzene rings is 1. The standard InChI is InChI=1S/C17H24N2O5/c1-13(17-12-22-15-4-2-3-5-16(15)24-17)18-23-11-14(20)10-19-6-8-21-9-7-19/h2-5,14,17,20H,6-12H2,1H3/p+1/b18-13-/t14-,17+/m0/s1. The predicted molar refractivity (Wildman–Crippen MR) is 87.8 cm³/mol. The molecule has 0 bridgehead atoms. The van der Waals surface area contributed by atoms with Crippen LogP contribution in [0.25, 0.3) is 0 Å². The van der Waals surface area contributed by atoms with Gasteiger partial charge in [0.25, 0.3) is 0 Å². The van der Waals surface area contributed by atoms with Crippen molar-refractivity contribution in [2.24, 2.45) is 5.16 Å². The number of fused-ring (bicyclic) bond motifs is 1. The first-order valence-corrected chi connectivity index (χ1v) is 8.36. The lowest BCUT2D eigenvalue weighted by atomic mass is 10.2. The summed E-state index contributed by atoms with van der Waals surface area (Å²) < 4.78 is 16.8. The van der Waals surface area contributed by atoms with Crippen LogP contribution in [0.3, 0.4) is 0 Å². The van der Waals surface area contributed by atoms with Crippen LogP contribution in [0.2, 0.25) is 0 Å². The van der Waals surface area contributed by atoms with E-state index < -0.39 is 6.10 Å². The van der Waals surface area contributed by atoms with E-state index in [0.29, 0.717) is 24.6 Å². The van der Waals surface area contributed by atoms with E-state index in [1.165, 1.54) is 4.90 Å². The Kier molecular flexibility index (Phi) is 5.90. The van der Waals surface area contributed by atoms with Gasteiger partial charge in [-0.1, -0.05) is 17.3 Å². The summed E-state index contributed by atoms with van der Waals surface area (Å²) in [6, 6.07) is 7.55. The molecule has 3 rings (SSSR count). The molecule has 0 unspecified atom stereocenters. The Morgan fingerprint density at radius 2 is 2.08 bits per heavy atom. The van der Waals surface area contributed by atoms with Crippen molar-refractivity contribution in [3.05, 3.63) is 24.3 Å². The maximum atomic E-state index is 10.0. The first-order valence-electron chi connectivity index (χ1n) is 8.36. The number of hydrogen-bond acceptors (Lipinski definition) is 6. The van der Waals surface area contributed by atoms with E-state index >= 15 is 0 Å². The maximum Gasteiger partial charge on any atom is 0.174 e. The van der Waals surface area contributed by atoms with Crippen LogP contribution in [0.1, 0.15) is 6.92 Å². The highest BCUT2D eigenvalue weighted by Crippen LogP contribution is 2.31. The summed E-state index contributed by atoms with van der Waals surface area (Å²) in [5.74, 6) is 1.45. The summed E-state index contributed by atoms with van der Waals surface area (Å²) in [7, 11) is 0. The molecule has 0 amide bonds. The summed E-state index contributed by atoms with van der Waals surface area (Å²) in [5, 5.41) is 14.1. The molecule has 7 heteroatoms. The van der Waals surface area contributed by atoms with E-state index in [4.69, 9.17) is 19.0 Å². The zero-order valence-electron chi connectivity index (χ0n) is 13.9. The first kappa shape index (κ1) is 17.0. The van der Waals surface area contributed by atoms with Crippen molar-refractivity contribution in [2.45, 2.75) is 19.1 Å². The van der Waals surface area contributed by atoms with Gasteiger partial charge < -0.3 is 29.1 Å². The average molecular weight is 337 g/mol. The molecule has 2 heterocycles. The van der Waals surface area contributed by atoms with Crippen LogP contribution in [0.4, 0.5) is 0 Å². The minimum Gasteiger partial charge on any atom is -0.485 e. The van der Waals surface area contributed by atoms with E-state index in [1.54, 1.807) is 0 Å². The predicted octanol–water partition coefficient (Wildman–Crippen LogP) is -0.505. The summed E-state index contributed by atoms with van der Waals surface area (Å²) >= 11 is 0. The van der Waals surface area contributed by atoms with Crippen molar-refractivity contribution >= 4 is 5.71 Å². The normalized spacial score (nSPS) is 22.9. The second kappa shape index (κ2) is 8.32. The van der Waals surface area contributed by atoms with Crippen molar-refractivity contribution in [3.63, 3.8) is 0 Å². The summed E-state index contributed by atoms with van der Waals surface area (Å²) in [4.78, 5) is 6.63. The molecule has 2 aliphatic rings. The lowest BCUT2D eigenvalue weighted by molar-refractivity contribution is -0.911. The summed E-state index contributed by atoms with van der Waals surface area (Å²) in [5.41, 5.74) is 0.690. The molecule has 132 valence electrons. The number of aliphatic hydroxyl groups excluding tert-OH is 1. The van der Waals surface area contributed by atoms with Gasteiger partial charge in [0.1, 0.15) is 39.0 Å². The van der Waals surface area contributed by atoms with E-state index in [2.05, 4.69) is 5.16 Å². The van der Waals surface area contributed by atoms with Crippen LogP contribution < -0.4 is 14.4 Å². The number of aliphatic hydroxyl groups is 1. The minimum atomic E-state index is -0.543. The molecule has 24 heavy (non-hydrogen) atoms. The van der Waals surface area contributed by atoms with Crippen LogP contribution >= 0.6 is 0 Å². The molecule has 7 nitrogen and oxygen atoms in total. The number of ether oxygens (including phenoxy) is 3. The van der Waals surface area contributed by atoms with E-state index in [1.807, 2.05) is 31.2 Å². The topological polar surface area (TPSA) is 74.0 Å². The molecule has 0 aliphatic carbocycles. The Morgan fingerprint density at radius 3 is 2.88 bits per heavy atom. The van der Waals surface area contributed by atoms with Crippen LogP contribution in [0.15, 0.2) is 29.4 Å². The molecular formula is C17H25N2O5+. The van der Waals surface area contributed by atoms with Crippen LogP contribution in [0, 0.1) is 0 Å². The second-order valence-electron chi connectivity index (χ2n) is 6.11. The van der Waals surface area contributed by atoms with Crippen molar-refractivity contribution < 1.29 is 29.1 Å². The third-order valence-electron chi connectivity index (χ3n) is 4.17. The SMILES string of the molecule is C/C(=N/OC[C@@H](O)C[NH+]1CCOCC1)[C@H]1COc2ccccc2O1. The van der Waals surface area contributed by atoms with Crippen LogP contribution in [-0.4, -0.2) is 69.1 Å². The minimum absolute atomic E-state index is 0.172. The summed E-state index contributed by atoms with van der Waals surface area (Å²) in [6.45, 7) is 6.40. The first-order chi connectivity index (χ1) is 11.7. The highest BCUT2D eigenvalue weighted by Gasteiger charge is 2.24. The number of nitrogens with one attached hydrogen (secondary N) is 1. The van der Waals surface area contributed by atoms with Crippen molar-refractivity contribution in [2.75, 3.05) is 46.1 Å². The Labute approximate surface area is 141 Å². The third-order valence-corrected chi connectivity index (χ3v) is 4.17. The Morgan fingerprint density at radius 1 is 1.33 bits per heavy atom. The molecule has 0 radical (unpaired) electrons. The highest BCUT2D eigenvalue weighted by atomic mass is 16.6. The van der Waals surface area contributed by atoms with Gasteiger partial charge in [-0.2, -0.15) is 0 Å². The van der Waals surface area contributed by atoms with Gasteiger partial charge in [0.15, 0.2) is 17.6 Å². The number of quaternary nitrogens is 1. The van der Waals surface area contributed by atoms with Gasteiger partial charge in [-0.05, 0) is 19.1 Å². The van der Waals surface area contributed by atoms with Gasteiger partial charge in [-0.25, -0.2) is 0 Å². The van der Waals surface area contributed by atoms with Gasteiger partial charge in [-0.3, -0.25) is 0 Å². The molecule has 0 spiro atoms. The zero-order chi connectivity index (χ0) is 16.8. The second-order valence-corrected chi connectivity index (χ2v) is 6.11. The Balaban J connectivity index is 1.43. The Bertz CT molecular complexity index is 560. The zero-order valence-corrected chi connectivity index (χ0v) is 13.9. The number of rotatable bonds is 6. The Hall–Kier alpha value is -1.83. The van der Waals surface area contributed by atoms with Crippen molar-refractivity contribution in [1.29, 1.82) is 0 Å². The smallest absolute Gasteiger partial charge is 0.174 e. The summed E-state index contributed by atoms with van der Waals surface area (Å²) in [6.07, 6.45) is -0.819. The van der Waals surface area contributed by atoms with Gasteiger partial charge >= 0.3 is 0 Å². The van der Waals surface area contributed by atoms with Crippen LogP contribution in [0.5, 0.6) is 11.5 Å². The van der Waals surface area contributed by atoms with Crippen molar-refractivity contribution in [1.82, 2.24) is 0 Å². The largest absolute Gasteiger partial charge is 0.485 e. The quantitative estimate of drug-likeness (QED) is 0.541. The van der Waals surface area contributed by atoms with Gasteiger partial charge in [0.05, 0.1) is 18.9 Å². The molecule has 2 aliphatic heterocycles. The monoisotopic (exact) mass is 337 g/mol. The fourth-order valence-corrected chi connectivity index (χ4v) is 2.77. The number of para-hydroxylation sites is 2. The third kappa shape index (κ3) is 4.59. The van der Waals surface area contributed by atoms with Gasteiger partial charge in [0, 0.05) is 0 Å². The number of morpholine rings is 1. The maximum absolute atomic E-state index is 10.0. The molecular weight excluding hydrogens is 312 g/mol. The molecule has 2 N–H and O–H groups in total. The molecule has 0 aromatic heterocycles. The van der Waals surface area contributed by atoms with E-state index in [9.17, 15) is 5.11 Å². The molecule has 1 aromatic carbocycles. The average Bonchev–Trinajstić information content (AvgIpc) is 2.62. The molecule has 0 saturated carbocycles. The van der Waals surface area contributed by atoms with Crippen LogP contribution in [-0.2, 0) is 9.57 Å². The molecule has 1 aromatic rings. The lowest BCUT2D eigenvalue weighted by Crippen LogP contribution is -3.15. The highest BCUT2D eigenvalue weighted by molar-refractivity contribution is 5.86. The fourth-order valence-electron chi connectivity index (χ4n) is 2.77. The molecule has 1 fully saturated rings. The number of nitrogens with zero attached hydrogens (tertiary/aromatic N) is 1. The molecule has 1 saturated heterocycles. The molecule has 2 atom stereocenters. The van der Waals surface area contributed by atoms with Gasteiger partial charge in [-0.15, -0.1) is 0 Å². The number of hydrogen-bond donors (Lipinski definition) is 2. The van der Waals surface area contributed by atoms with Gasteiger partial charge in [0.2, 0.25) is 0 Å². The van der Waals surface area contributed by atoms with E-state index in [-0.39, 0.29) is 12.7 Å². The van der Waals surface area contributed by atoms with E-state index in [0.717, 1.165) is 32.1 Å².